The molecule has 0 spiro atoms. The molecule has 0 aromatic carbocycles. The molecule has 0 aromatic heterocycles. The Bertz CT molecular complexity index is 405. The molecule has 1 aliphatic heterocycles. The Balaban J connectivity index is 2.52. The molecule has 7 nitrogen and oxygen atoms in total. The smallest absolute Gasteiger partial charge is 0.337 e. The lowest BCUT2D eigenvalue weighted by atomic mass is 10.2. The fourth-order valence-electron chi connectivity index (χ4n) is 1.43. The van der Waals surface area contributed by atoms with Gasteiger partial charge in [0.05, 0.1) is 0 Å². The lowest BCUT2D eigenvalue weighted by molar-refractivity contribution is -0.135. The highest BCUT2D eigenvalue weighted by molar-refractivity contribution is 6.01. The van der Waals surface area contributed by atoms with Gasteiger partial charge in [0.1, 0.15) is 18.1 Å². The lowest BCUT2D eigenvalue weighted by Crippen LogP contribution is -2.49. The van der Waals surface area contributed by atoms with Gasteiger partial charge < -0.3 is 15.4 Å². The van der Waals surface area contributed by atoms with Crippen molar-refractivity contribution in [3.63, 3.8) is 0 Å². The van der Waals surface area contributed by atoms with Crippen LogP contribution in [0.2, 0.25) is 0 Å². The average molecular weight is 255 g/mol. The van der Waals surface area contributed by atoms with Gasteiger partial charge >= 0.3 is 5.97 Å². The lowest BCUT2D eigenvalue weighted by Gasteiger charge is -2.17. The molecule has 2 N–H and O–H groups in total. The molecule has 0 saturated carbocycles. The first-order valence-electron chi connectivity index (χ1n) is 5.68. The molecular weight excluding hydrogens is 238 g/mol. The van der Waals surface area contributed by atoms with E-state index in [4.69, 9.17) is 4.74 Å². The van der Waals surface area contributed by atoms with Gasteiger partial charge in [0, 0.05) is 6.92 Å². The average Bonchev–Trinajstić information content (AvgIpc) is 2.58. The van der Waals surface area contributed by atoms with E-state index in [-0.39, 0.29) is 17.7 Å². The molecule has 0 aliphatic carbocycles. The topological polar surface area (TPSA) is 96.9 Å². The number of nitrogens with one attached hydrogen (secondary N) is 2. The standard InChI is InChI=1S/C11H17N3O4/c1-5(12-8(4)15)9(16)13-6(2)10-14-7(3)11(17)18-10/h5-7H,1-4H3,(H,12,15)(H,13,16)/t5-,6-,7?/m0/s1. The minimum absolute atomic E-state index is 0.191. The normalized spacial score (nSPS) is 21.7. The van der Waals surface area contributed by atoms with E-state index in [0.29, 0.717) is 0 Å². The summed E-state index contributed by atoms with van der Waals surface area (Å²) < 4.78 is 4.91. The van der Waals surface area contributed by atoms with E-state index in [0.717, 1.165) is 0 Å². The van der Waals surface area contributed by atoms with Crippen molar-refractivity contribution >= 4 is 23.7 Å². The number of aliphatic imine (C=N–C) groups is 1. The zero-order valence-electron chi connectivity index (χ0n) is 10.8. The van der Waals surface area contributed by atoms with Crippen molar-refractivity contribution in [1.29, 1.82) is 0 Å². The number of nitrogens with zero attached hydrogens (tertiary/aromatic N) is 1. The van der Waals surface area contributed by atoms with E-state index < -0.39 is 24.1 Å². The van der Waals surface area contributed by atoms with Crippen molar-refractivity contribution in [3.05, 3.63) is 0 Å². The van der Waals surface area contributed by atoms with Gasteiger partial charge in [-0.1, -0.05) is 0 Å². The molecule has 100 valence electrons. The summed E-state index contributed by atoms with van der Waals surface area (Å²) in [5, 5.41) is 5.06. The van der Waals surface area contributed by atoms with E-state index in [1.165, 1.54) is 6.92 Å². The van der Waals surface area contributed by atoms with Crippen LogP contribution in [0.4, 0.5) is 0 Å². The zero-order chi connectivity index (χ0) is 13.9. The maximum Gasteiger partial charge on any atom is 0.337 e. The van der Waals surface area contributed by atoms with Crippen LogP contribution in [-0.4, -0.2) is 41.8 Å². The van der Waals surface area contributed by atoms with E-state index in [1.54, 1.807) is 20.8 Å². The highest BCUT2D eigenvalue weighted by Crippen LogP contribution is 2.08. The van der Waals surface area contributed by atoms with Gasteiger partial charge in [-0.15, -0.1) is 0 Å². The highest BCUT2D eigenvalue weighted by atomic mass is 16.6. The molecule has 1 heterocycles. The van der Waals surface area contributed by atoms with Gasteiger partial charge in [-0.2, -0.15) is 0 Å². The Morgan fingerprint density at radius 3 is 2.39 bits per heavy atom. The fourth-order valence-corrected chi connectivity index (χ4v) is 1.43. The minimum atomic E-state index is -0.653. The molecule has 0 fully saturated rings. The van der Waals surface area contributed by atoms with Crippen molar-refractivity contribution in [2.75, 3.05) is 0 Å². The molecule has 0 radical (unpaired) electrons. The number of carbonyl (C=O) groups excluding carboxylic acids is 3. The third kappa shape index (κ3) is 3.54. The molecule has 1 rings (SSSR count). The fraction of sp³-hybridized carbons (Fsp3) is 0.636. The first kappa shape index (κ1) is 14.1. The molecule has 18 heavy (non-hydrogen) atoms. The summed E-state index contributed by atoms with van der Waals surface area (Å²) in [6, 6.07) is -1.70. The number of cyclic esters (lactones) is 1. The summed E-state index contributed by atoms with van der Waals surface area (Å²) in [4.78, 5) is 37.6. The summed E-state index contributed by atoms with van der Waals surface area (Å²) in [5.74, 6) is -0.892. The number of esters is 1. The van der Waals surface area contributed by atoms with Gasteiger partial charge in [0.25, 0.3) is 0 Å². The van der Waals surface area contributed by atoms with Crippen LogP contribution in [0.15, 0.2) is 4.99 Å². The first-order chi connectivity index (χ1) is 8.31. The van der Waals surface area contributed by atoms with Crippen molar-refractivity contribution in [1.82, 2.24) is 10.6 Å². The van der Waals surface area contributed by atoms with Gasteiger partial charge in [-0.3, -0.25) is 9.59 Å². The van der Waals surface area contributed by atoms with Crippen molar-refractivity contribution in [2.45, 2.75) is 45.8 Å². The molecule has 1 aliphatic rings. The number of carbonyl (C=O) groups is 3. The molecule has 7 heteroatoms. The van der Waals surface area contributed by atoms with Crippen molar-refractivity contribution in [3.8, 4) is 0 Å². The quantitative estimate of drug-likeness (QED) is 0.653. The third-order valence-electron chi connectivity index (χ3n) is 2.41. The monoisotopic (exact) mass is 255 g/mol. The first-order valence-corrected chi connectivity index (χ1v) is 5.68. The van der Waals surface area contributed by atoms with Crippen LogP contribution in [-0.2, 0) is 19.1 Å². The molecule has 0 aromatic rings. The number of amides is 2. The van der Waals surface area contributed by atoms with Crippen molar-refractivity contribution in [2.24, 2.45) is 4.99 Å². The van der Waals surface area contributed by atoms with Crippen LogP contribution < -0.4 is 10.6 Å². The third-order valence-corrected chi connectivity index (χ3v) is 2.41. The van der Waals surface area contributed by atoms with Gasteiger partial charge in [-0.25, -0.2) is 9.79 Å². The summed E-state index contributed by atoms with van der Waals surface area (Å²) in [6.07, 6.45) is 0. The maximum atomic E-state index is 11.7. The van der Waals surface area contributed by atoms with Crippen LogP contribution in [0.5, 0.6) is 0 Å². The van der Waals surface area contributed by atoms with E-state index in [1.807, 2.05) is 0 Å². The van der Waals surface area contributed by atoms with Gasteiger partial charge in [0.2, 0.25) is 17.7 Å². The Morgan fingerprint density at radius 2 is 1.94 bits per heavy atom. The predicted molar refractivity (Wildman–Crippen MR) is 63.9 cm³/mol. The Morgan fingerprint density at radius 1 is 1.33 bits per heavy atom. The van der Waals surface area contributed by atoms with Crippen molar-refractivity contribution < 1.29 is 19.1 Å². The highest BCUT2D eigenvalue weighted by Gasteiger charge is 2.29. The Labute approximate surface area is 105 Å². The van der Waals surface area contributed by atoms with Gasteiger partial charge in [-0.05, 0) is 20.8 Å². The molecule has 2 amide bonds. The Kier molecular flexibility index (Phi) is 4.41. The zero-order valence-corrected chi connectivity index (χ0v) is 10.8. The van der Waals surface area contributed by atoms with Crippen LogP contribution in [0, 0.1) is 0 Å². The molecule has 0 bridgehead atoms. The van der Waals surface area contributed by atoms with Crippen LogP contribution in [0.25, 0.3) is 0 Å². The summed E-state index contributed by atoms with van der Waals surface area (Å²) in [5.41, 5.74) is 0. The van der Waals surface area contributed by atoms with E-state index in [9.17, 15) is 14.4 Å². The predicted octanol–water partition coefficient (Wildman–Crippen LogP) is -0.640. The molecule has 1 unspecified atom stereocenters. The molecule has 3 atom stereocenters. The minimum Gasteiger partial charge on any atom is -0.408 e. The number of ether oxygens (including phenoxy) is 1. The van der Waals surface area contributed by atoms with Crippen LogP contribution >= 0.6 is 0 Å². The largest absolute Gasteiger partial charge is 0.408 e. The molecule has 0 saturated heterocycles. The summed E-state index contributed by atoms with van der Waals surface area (Å²) in [7, 11) is 0. The number of hydrogen-bond acceptors (Lipinski definition) is 5. The van der Waals surface area contributed by atoms with Crippen LogP contribution in [0.1, 0.15) is 27.7 Å². The summed E-state index contributed by atoms with van der Waals surface area (Å²) >= 11 is 0. The maximum absolute atomic E-state index is 11.7. The van der Waals surface area contributed by atoms with Crippen LogP contribution in [0.3, 0.4) is 0 Å². The second kappa shape index (κ2) is 5.61. The number of rotatable bonds is 4. The second-order valence-electron chi connectivity index (χ2n) is 4.22. The van der Waals surface area contributed by atoms with Gasteiger partial charge in [0.15, 0.2) is 0 Å². The number of hydrogen-bond donors (Lipinski definition) is 2. The Hall–Kier alpha value is -1.92. The van der Waals surface area contributed by atoms with E-state index >= 15 is 0 Å². The van der Waals surface area contributed by atoms with E-state index in [2.05, 4.69) is 15.6 Å². The second-order valence-corrected chi connectivity index (χ2v) is 4.22. The summed E-state index contributed by atoms with van der Waals surface area (Å²) in [6.45, 7) is 6.17. The SMILES string of the molecule is CC(=O)N[C@@H](C)C(=O)N[C@@H](C)C1=NC(C)C(=O)O1. The molecular formula is C11H17N3O4.